The van der Waals surface area contributed by atoms with Crippen molar-refractivity contribution in [3.63, 3.8) is 0 Å². The second-order valence-electron chi connectivity index (χ2n) is 6.67. The van der Waals surface area contributed by atoms with E-state index in [4.69, 9.17) is 18.9 Å². The first-order chi connectivity index (χ1) is 10.9. The summed E-state index contributed by atoms with van der Waals surface area (Å²) in [6.45, 7) is 12.4. The third kappa shape index (κ3) is 4.66. The Hall–Kier alpha value is -1.17. The van der Waals surface area contributed by atoms with Crippen molar-refractivity contribution in [3.8, 4) is 0 Å². The normalized spacial score (nSPS) is 33.1. The van der Waals surface area contributed by atoms with Gasteiger partial charge < -0.3 is 18.9 Å². The minimum Gasteiger partial charge on any atom is -0.463 e. The molecular weight excluding hydrogens is 296 g/mol. The molecule has 2 saturated heterocycles. The molecule has 2 heterocycles. The van der Waals surface area contributed by atoms with Crippen LogP contribution in [0.25, 0.3) is 0 Å². The molecule has 0 unspecified atom stereocenters. The molecule has 0 aromatic carbocycles. The lowest BCUT2D eigenvalue weighted by Crippen LogP contribution is -2.48. The predicted molar refractivity (Wildman–Crippen MR) is 86.9 cm³/mol. The summed E-state index contributed by atoms with van der Waals surface area (Å²) in [7, 11) is 0. The smallest absolute Gasteiger partial charge is 0.330 e. The van der Waals surface area contributed by atoms with E-state index >= 15 is 0 Å². The van der Waals surface area contributed by atoms with Crippen LogP contribution < -0.4 is 0 Å². The van der Waals surface area contributed by atoms with E-state index in [1.165, 1.54) is 6.08 Å². The fourth-order valence-electron chi connectivity index (χ4n) is 3.26. The zero-order valence-electron chi connectivity index (χ0n) is 14.5. The third-order valence-corrected chi connectivity index (χ3v) is 4.16. The first-order valence-electron chi connectivity index (χ1n) is 8.28. The molecule has 0 saturated carbocycles. The number of hydrogen-bond donors (Lipinski definition) is 0. The van der Waals surface area contributed by atoms with Gasteiger partial charge in [-0.3, -0.25) is 0 Å². The average molecular weight is 324 g/mol. The highest BCUT2D eigenvalue weighted by atomic mass is 16.8. The fourth-order valence-corrected chi connectivity index (χ4v) is 3.26. The van der Waals surface area contributed by atoms with Crippen LogP contribution in [0.4, 0.5) is 0 Å². The standard InChI is InChI=1S/C18H28O5/c1-6-8-13-11-21-14(9-12(3)10-15(19)20-7-2)17-16(13)22-18(4,5)23-17/h6,10,13-14,16-17H,1,7-9,11H2,2-5H3/b12-10+/t13-,14-,16+,17-/m0/s1. The first-order valence-corrected chi connectivity index (χ1v) is 8.28. The lowest BCUT2D eigenvalue weighted by atomic mass is 9.88. The molecule has 0 bridgehead atoms. The topological polar surface area (TPSA) is 54.0 Å². The summed E-state index contributed by atoms with van der Waals surface area (Å²) < 4.78 is 23.1. The molecule has 23 heavy (non-hydrogen) atoms. The lowest BCUT2D eigenvalue weighted by molar-refractivity contribution is -0.153. The summed E-state index contributed by atoms with van der Waals surface area (Å²) in [5.41, 5.74) is 0.919. The van der Waals surface area contributed by atoms with Gasteiger partial charge in [-0.1, -0.05) is 11.6 Å². The Balaban J connectivity index is 2.06. The van der Waals surface area contributed by atoms with Gasteiger partial charge in [0.25, 0.3) is 0 Å². The van der Waals surface area contributed by atoms with Gasteiger partial charge in [0, 0.05) is 12.0 Å². The molecule has 0 N–H and O–H groups in total. The number of ether oxygens (including phenoxy) is 4. The van der Waals surface area contributed by atoms with E-state index in [1.807, 2.05) is 26.8 Å². The maximum Gasteiger partial charge on any atom is 0.330 e. The van der Waals surface area contributed by atoms with Gasteiger partial charge >= 0.3 is 5.97 Å². The quantitative estimate of drug-likeness (QED) is 0.427. The lowest BCUT2D eigenvalue weighted by Gasteiger charge is -2.37. The van der Waals surface area contributed by atoms with Crippen molar-refractivity contribution in [1.29, 1.82) is 0 Å². The number of allylic oxidation sites excluding steroid dienone is 1. The van der Waals surface area contributed by atoms with Crippen molar-refractivity contribution in [1.82, 2.24) is 0 Å². The van der Waals surface area contributed by atoms with Crippen LogP contribution in [0, 0.1) is 5.92 Å². The minimum atomic E-state index is -0.612. The maximum absolute atomic E-state index is 11.6. The van der Waals surface area contributed by atoms with Crippen LogP contribution in [0.5, 0.6) is 0 Å². The first kappa shape index (κ1) is 18.2. The van der Waals surface area contributed by atoms with Gasteiger partial charge in [-0.2, -0.15) is 0 Å². The van der Waals surface area contributed by atoms with Crippen LogP contribution >= 0.6 is 0 Å². The molecule has 0 radical (unpaired) electrons. The second-order valence-corrected chi connectivity index (χ2v) is 6.67. The number of esters is 1. The van der Waals surface area contributed by atoms with Gasteiger partial charge in [0.1, 0.15) is 6.10 Å². The van der Waals surface area contributed by atoms with Crippen molar-refractivity contribution in [2.75, 3.05) is 13.2 Å². The number of carbonyl (C=O) groups is 1. The van der Waals surface area contributed by atoms with Crippen molar-refractivity contribution in [2.45, 2.75) is 64.6 Å². The average Bonchev–Trinajstić information content (AvgIpc) is 2.78. The Morgan fingerprint density at radius 2 is 2.04 bits per heavy atom. The zero-order valence-corrected chi connectivity index (χ0v) is 14.5. The van der Waals surface area contributed by atoms with Gasteiger partial charge in [0.15, 0.2) is 5.79 Å². The molecule has 0 aliphatic carbocycles. The molecule has 0 amide bonds. The Morgan fingerprint density at radius 1 is 1.35 bits per heavy atom. The van der Waals surface area contributed by atoms with Crippen LogP contribution in [0.2, 0.25) is 0 Å². The highest BCUT2D eigenvalue weighted by Gasteiger charge is 2.51. The summed E-state index contributed by atoms with van der Waals surface area (Å²) in [6.07, 6.45) is 4.63. The van der Waals surface area contributed by atoms with E-state index in [2.05, 4.69) is 6.58 Å². The Labute approximate surface area is 138 Å². The highest BCUT2D eigenvalue weighted by molar-refractivity contribution is 5.82. The molecule has 130 valence electrons. The summed E-state index contributed by atoms with van der Waals surface area (Å²) in [5, 5.41) is 0. The molecule has 0 aromatic heterocycles. The van der Waals surface area contributed by atoms with E-state index in [-0.39, 0.29) is 30.2 Å². The highest BCUT2D eigenvalue weighted by Crippen LogP contribution is 2.40. The molecule has 5 nitrogen and oxygen atoms in total. The van der Waals surface area contributed by atoms with E-state index in [1.54, 1.807) is 6.92 Å². The summed E-state index contributed by atoms with van der Waals surface area (Å²) >= 11 is 0. The van der Waals surface area contributed by atoms with E-state index in [0.717, 1.165) is 12.0 Å². The molecule has 2 aliphatic rings. The zero-order chi connectivity index (χ0) is 17.0. The van der Waals surface area contributed by atoms with Gasteiger partial charge in [-0.15, -0.1) is 6.58 Å². The van der Waals surface area contributed by atoms with Crippen molar-refractivity contribution in [3.05, 3.63) is 24.3 Å². The molecule has 2 aliphatic heterocycles. The van der Waals surface area contributed by atoms with Crippen LogP contribution in [-0.2, 0) is 23.7 Å². The van der Waals surface area contributed by atoms with Crippen molar-refractivity contribution < 1.29 is 23.7 Å². The number of hydrogen-bond acceptors (Lipinski definition) is 5. The van der Waals surface area contributed by atoms with Gasteiger partial charge in [0.2, 0.25) is 0 Å². The van der Waals surface area contributed by atoms with Crippen LogP contribution in [0.3, 0.4) is 0 Å². The molecule has 2 rings (SSSR count). The largest absolute Gasteiger partial charge is 0.463 e. The minimum absolute atomic E-state index is 0.00265. The van der Waals surface area contributed by atoms with Gasteiger partial charge in [-0.05, 0) is 40.5 Å². The van der Waals surface area contributed by atoms with E-state index in [0.29, 0.717) is 19.6 Å². The monoisotopic (exact) mass is 324 g/mol. The molecule has 5 heteroatoms. The Morgan fingerprint density at radius 3 is 2.70 bits per heavy atom. The SMILES string of the molecule is C=CC[C@H]1CO[C@@H](C/C(C)=C/C(=O)OCC)[C@@H]2OC(C)(C)O[C@H]12. The van der Waals surface area contributed by atoms with Crippen LogP contribution in [-0.4, -0.2) is 43.3 Å². The number of carbonyl (C=O) groups excluding carboxylic acids is 1. The number of rotatable bonds is 6. The van der Waals surface area contributed by atoms with E-state index < -0.39 is 5.79 Å². The summed E-state index contributed by atoms with van der Waals surface area (Å²) in [6, 6.07) is 0. The molecule has 0 spiro atoms. The molecular formula is C18H28O5. The van der Waals surface area contributed by atoms with Gasteiger partial charge in [0.05, 0.1) is 25.4 Å². The second kappa shape index (κ2) is 7.60. The summed E-state index contributed by atoms with van der Waals surface area (Å²) in [4.78, 5) is 11.6. The maximum atomic E-state index is 11.6. The van der Waals surface area contributed by atoms with Crippen LogP contribution in [0.15, 0.2) is 24.3 Å². The van der Waals surface area contributed by atoms with Gasteiger partial charge in [-0.25, -0.2) is 4.79 Å². The van der Waals surface area contributed by atoms with Crippen LogP contribution in [0.1, 0.15) is 40.5 Å². The summed E-state index contributed by atoms with van der Waals surface area (Å²) in [5.74, 6) is -0.671. The molecule has 0 aromatic rings. The van der Waals surface area contributed by atoms with Crippen molar-refractivity contribution >= 4 is 5.97 Å². The Bertz CT molecular complexity index is 468. The Kier molecular flexibility index (Phi) is 6.00. The predicted octanol–water partition coefficient (Wildman–Crippen LogP) is 3.00. The molecule has 4 atom stereocenters. The molecule has 2 fully saturated rings. The fraction of sp³-hybridized carbons (Fsp3) is 0.722. The van der Waals surface area contributed by atoms with Crippen molar-refractivity contribution in [2.24, 2.45) is 5.92 Å². The van der Waals surface area contributed by atoms with E-state index in [9.17, 15) is 4.79 Å². The third-order valence-electron chi connectivity index (χ3n) is 4.16. The number of fused-ring (bicyclic) bond motifs is 1.